The zero-order valence-electron chi connectivity index (χ0n) is 8.71. The third-order valence-electron chi connectivity index (χ3n) is 2.75. The summed E-state index contributed by atoms with van der Waals surface area (Å²) >= 11 is 0. The van der Waals surface area contributed by atoms with E-state index in [1.807, 2.05) is 6.92 Å². The van der Waals surface area contributed by atoms with Gasteiger partial charge in [0.2, 0.25) is 0 Å². The van der Waals surface area contributed by atoms with Crippen LogP contribution in [0.3, 0.4) is 0 Å². The quantitative estimate of drug-likeness (QED) is 0.630. The molecule has 82 valence electrons. The Balaban J connectivity index is 2.33. The number of carbonyl (C=O) groups is 1. The molecule has 0 saturated carbocycles. The van der Waals surface area contributed by atoms with Crippen LogP contribution >= 0.6 is 0 Å². The Labute approximate surface area is 84.6 Å². The lowest BCUT2D eigenvalue weighted by atomic mass is 9.92. The van der Waals surface area contributed by atoms with Gasteiger partial charge in [0.25, 0.3) is 0 Å². The number of nitrogens with one attached hydrogen (secondary N) is 1. The third kappa shape index (κ3) is 2.69. The molecule has 1 aliphatic rings. The average Bonchev–Trinajstić information content (AvgIpc) is 2.62. The van der Waals surface area contributed by atoms with Crippen LogP contribution in [0, 0.1) is 0 Å². The molecule has 1 fully saturated rings. The van der Waals surface area contributed by atoms with E-state index in [0.29, 0.717) is 19.6 Å². The molecule has 2 N–H and O–H groups in total. The van der Waals surface area contributed by atoms with Crippen LogP contribution < -0.4 is 5.32 Å². The first-order valence-electron chi connectivity index (χ1n) is 5.27. The lowest BCUT2D eigenvalue weighted by molar-refractivity contribution is -0.144. The van der Waals surface area contributed by atoms with Gasteiger partial charge in [-0.15, -0.1) is 0 Å². The number of ether oxygens (including phenoxy) is 1. The molecular formula is C10H19NO3. The molecule has 1 rings (SSSR count). The molecule has 0 bridgehead atoms. The smallest absolute Gasteiger partial charge is 0.323 e. The van der Waals surface area contributed by atoms with Crippen molar-refractivity contribution < 1.29 is 14.6 Å². The summed E-state index contributed by atoms with van der Waals surface area (Å²) in [6.45, 7) is 4.13. The fourth-order valence-electron chi connectivity index (χ4n) is 1.93. The molecule has 14 heavy (non-hydrogen) atoms. The van der Waals surface area contributed by atoms with Crippen LogP contribution in [0.25, 0.3) is 0 Å². The van der Waals surface area contributed by atoms with E-state index in [9.17, 15) is 4.79 Å². The summed E-state index contributed by atoms with van der Waals surface area (Å²) in [4.78, 5) is 11.1. The van der Waals surface area contributed by atoms with Crippen molar-refractivity contribution in [2.24, 2.45) is 0 Å². The standard InChI is InChI=1S/C10H19NO3/c1-2-14-8-4-6-10(9(12)13)5-3-7-11-10/h11H,2-8H2,1H3,(H,12,13). The normalized spacial score (nSPS) is 26.6. The van der Waals surface area contributed by atoms with Crippen LogP contribution in [0.4, 0.5) is 0 Å². The Bertz CT molecular complexity index is 188. The molecule has 1 aliphatic heterocycles. The average molecular weight is 201 g/mol. The number of hydrogen-bond acceptors (Lipinski definition) is 3. The molecule has 0 aromatic heterocycles. The first kappa shape index (κ1) is 11.5. The van der Waals surface area contributed by atoms with Gasteiger partial charge in [0.1, 0.15) is 5.54 Å². The first-order valence-corrected chi connectivity index (χ1v) is 5.27. The van der Waals surface area contributed by atoms with Gasteiger partial charge in [-0.3, -0.25) is 4.79 Å². The Morgan fingerprint density at radius 3 is 2.93 bits per heavy atom. The summed E-state index contributed by atoms with van der Waals surface area (Å²) in [5, 5.41) is 12.2. The molecule has 1 saturated heterocycles. The van der Waals surface area contributed by atoms with Gasteiger partial charge in [-0.1, -0.05) is 0 Å². The van der Waals surface area contributed by atoms with Crippen molar-refractivity contribution in [3.8, 4) is 0 Å². The van der Waals surface area contributed by atoms with Gasteiger partial charge in [0.15, 0.2) is 0 Å². The summed E-state index contributed by atoms with van der Waals surface area (Å²) < 4.78 is 5.20. The largest absolute Gasteiger partial charge is 0.480 e. The van der Waals surface area contributed by atoms with Crippen molar-refractivity contribution in [2.75, 3.05) is 19.8 Å². The second kappa shape index (κ2) is 5.32. The Morgan fingerprint density at radius 2 is 2.43 bits per heavy atom. The zero-order valence-corrected chi connectivity index (χ0v) is 8.71. The second-order valence-electron chi connectivity index (χ2n) is 3.72. The van der Waals surface area contributed by atoms with E-state index in [2.05, 4.69) is 5.32 Å². The maximum Gasteiger partial charge on any atom is 0.323 e. The van der Waals surface area contributed by atoms with Crippen LogP contribution in [0.2, 0.25) is 0 Å². The highest BCUT2D eigenvalue weighted by molar-refractivity contribution is 5.79. The van der Waals surface area contributed by atoms with E-state index in [1.165, 1.54) is 0 Å². The Kier molecular flexibility index (Phi) is 4.35. The van der Waals surface area contributed by atoms with Crippen molar-refractivity contribution in [2.45, 2.75) is 38.1 Å². The van der Waals surface area contributed by atoms with Crippen molar-refractivity contribution in [1.29, 1.82) is 0 Å². The minimum absolute atomic E-state index is 0.660. The third-order valence-corrected chi connectivity index (χ3v) is 2.75. The lowest BCUT2D eigenvalue weighted by Crippen LogP contribution is -2.47. The predicted molar refractivity (Wildman–Crippen MR) is 53.3 cm³/mol. The summed E-state index contributed by atoms with van der Waals surface area (Å²) in [5.74, 6) is -0.716. The van der Waals surface area contributed by atoms with E-state index in [-0.39, 0.29) is 0 Å². The van der Waals surface area contributed by atoms with E-state index in [4.69, 9.17) is 9.84 Å². The van der Waals surface area contributed by atoms with Gasteiger partial charge in [-0.25, -0.2) is 0 Å². The number of rotatable bonds is 6. The van der Waals surface area contributed by atoms with E-state index in [0.717, 1.165) is 25.8 Å². The van der Waals surface area contributed by atoms with Crippen molar-refractivity contribution in [1.82, 2.24) is 5.32 Å². The highest BCUT2D eigenvalue weighted by atomic mass is 16.5. The molecule has 4 nitrogen and oxygen atoms in total. The summed E-state index contributed by atoms with van der Waals surface area (Å²) in [7, 11) is 0. The van der Waals surface area contributed by atoms with Gasteiger partial charge < -0.3 is 15.2 Å². The van der Waals surface area contributed by atoms with Crippen molar-refractivity contribution in [3.63, 3.8) is 0 Å². The van der Waals surface area contributed by atoms with Crippen molar-refractivity contribution >= 4 is 5.97 Å². The highest BCUT2D eigenvalue weighted by Crippen LogP contribution is 2.24. The summed E-state index contributed by atoms with van der Waals surface area (Å²) in [6.07, 6.45) is 3.19. The van der Waals surface area contributed by atoms with Gasteiger partial charge in [0, 0.05) is 13.2 Å². The molecule has 1 heterocycles. The van der Waals surface area contributed by atoms with Crippen LogP contribution in [0.5, 0.6) is 0 Å². The maximum atomic E-state index is 11.1. The SMILES string of the molecule is CCOCCCC1(C(=O)O)CCCN1. The number of carboxylic acid groups (broad SMARTS) is 1. The first-order chi connectivity index (χ1) is 6.71. The van der Waals surface area contributed by atoms with E-state index >= 15 is 0 Å². The number of aliphatic carboxylic acids is 1. The topological polar surface area (TPSA) is 58.6 Å². The molecule has 4 heteroatoms. The van der Waals surface area contributed by atoms with Crippen LogP contribution in [0.1, 0.15) is 32.6 Å². The number of hydrogen-bond donors (Lipinski definition) is 2. The molecule has 1 unspecified atom stereocenters. The van der Waals surface area contributed by atoms with Crippen LogP contribution in [0.15, 0.2) is 0 Å². The molecule has 0 aliphatic carbocycles. The van der Waals surface area contributed by atoms with E-state index < -0.39 is 11.5 Å². The van der Waals surface area contributed by atoms with E-state index in [1.54, 1.807) is 0 Å². The fourth-order valence-corrected chi connectivity index (χ4v) is 1.93. The van der Waals surface area contributed by atoms with Gasteiger partial charge in [-0.05, 0) is 39.2 Å². The minimum Gasteiger partial charge on any atom is -0.480 e. The molecule has 0 spiro atoms. The zero-order chi connectivity index (χ0) is 10.4. The van der Waals surface area contributed by atoms with Crippen LogP contribution in [-0.4, -0.2) is 36.4 Å². The Hall–Kier alpha value is -0.610. The van der Waals surface area contributed by atoms with Crippen molar-refractivity contribution in [3.05, 3.63) is 0 Å². The second-order valence-corrected chi connectivity index (χ2v) is 3.72. The van der Waals surface area contributed by atoms with Gasteiger partial charge >= 0.3 is 5.97 Å². The predicted octanol–water partition coefficient (Wildman–Crippen LogP) is 1.01. The van der Waals surface area contributed by atoms with Gasteiger partial charge in [0.05, 0.1) is 0 Å². The molecular weight excluding hydrogens is 182 g/mol. The summed E-state index contributed by atoms with van der Waals surface area (Å²) in [5.41, 5.74) is -0.670. The summed E-state index contributed by atoms with van der Waals surface area (Å²) in [6, 6.07) is 0. The van der Waals surface area contributed by atoms with Crippen LogP contribution in [-0.2, 0) is 9.53 Å². The minimum atomic E-state index is -0.716. The fraction of sp³-hybridized carbons (Fsp3) is 0.900. The monoisotopic (exact) mass is 201 g/mol. The molecule has 1 atom stereocenters. The maximum absolute atomic E-state index is 11.1. The molecule has 0 aromatic rings. The molecule has 0 amide bonds. The molecule has 0 radical (unpaired) electrons. The number of carboxylic acids is 1. The lowest BCUT2D eigenvalue weighted by Gasteiger charge is -2.24. The van der Waals surface area contributed by atoms with Gasteiger partial charge in [-0.2, -0.15) is 0 Å². The Morgan fingerprint density at radius 1 is 1.64 bits per heavy atom. The highest BCUT2D eigenvalue weighted by Gasteiger charge is 2.40. The molecule has 0 aromatic carbocycles.